The molecule has 164 valence electrons. The van der Waals surface area contributed by atoms with Gasteiger partial charge in [0.1, 0.15) is 0 Å². The molecule has 0 aromatic heterocycles. The molecule has 1 fully saturated rings. The van der Waals surface area contributed by atoms with Crippen molar-refractivity contribution >= 4 is 0 Å². The smallest absolute Gasteiger partial charge is 0.0591 e. The highest BCUT2D eigenvalue weighted by molar-refractivity contribution is 5.36. The largest absolute Gasteiger partial charge is 0.393 e. The van der Waals surface area contributed by atoms with E-state index in [2.05, 4.69) is 39.0 Å². The van der Waals surface area contributed by atoms with Crippen LogP contribution in [0.5, 0.6) is 0 Å². The summed E-state index contributed by atoms with van der Waals surface area (Å²) >= 11 is 0. The number of rotatable bonds is 7. The number of hydrogen-bond donors (Lipinski definition) is 2. The fraction of sp³-hybridized carbons (Fsp3) is 0.778. The Labute approximate surface area is 179 Å². The van der Waals surface area contributed by atoms with Gasteiger partial charge in [0.15, 0.2) is 0 Å². The molecule has 2 heteroatoms. The second-order valence-corrected chi connectivity index (χ2v) is 11.2. The number of allylic oxidation sites excluding steroid dienone is 5. The van der Waals surface area contributed by atoms with Gasteiger partial charge >= 0.3 is 0 Å². The Morgan fingerprint density at radius 1 is 1.24 bits per heavy atom. The predicted molar refractivity (Wildman–Crippen MR) is 123 cm³/mol. The standard InChI is InChI=1S/C27H44O2/c1-19-10-13-23(28)18-22(19)12-11-21-9-7-17-27(5)24(14-15-25(21)27)20(2)8-6-16-26(3,4)29/h9,11-12,20,23-25,28-29H,6-8,10,13-18H2,1-5H3/b12-11+/t20-,23+,24?,25?,27-/m1/s1. The summed E-state index contributed by atoms with van der Waals surface area (Å²) in [4.78, 5) is 0. The lowest BCUT2D eigenvalue weighted by Gasteiger charge is -2.43. The van der Waals surface area contributed by atoms with Gasteiger partial charge in [0.2, 0.25) is 0 Å². The molecule has 5 atom stereocenters. The first-order valence-electron chi connectivity index (χ1n) is 12.1. The lowest BCUT2D eigenvalue weighted by atomic mass is 9.62. The van der Waals surface area contributed by atoms with Gasteiger partial charge in [-0.3, -0.25) is 0 Å². The maximum Gasteiger partial charge on any atom is 0.0591 e. The van der Waals surface area contributed by atoms with Crippen molar-refractivity contribution in [2.45, 2.75) is 111 Å². The van der Waals surface area contributed by atoms with Crippen molar-refractivity contribution in [3.63, 3.8) is 0 Å². The summed E-state index contributed by atoms with van der Waals surface area (Å²) in [6.45, 7) is 11.1. The van der Waals surface area contributed by atoms with Crippen LogP contribution in [0, 0.1) is 23.2 Å². The summed E-state index contributed by atoms with van der Waals surface area (Å²) in [7, 11) is 0. The van der Waals surface area contributed by atoms with E-state index < -0.39 is 5.60 Å². The highest BCUT2D eigenvalue weighted by Crippen LogP contribution is 2.58. The minimum Gasteiger partial charge on any atom is -0.393 e. The van der Waals surface area contributed by atoms with Gasteiger partial charge in [0.25, 0.3) is 0 Å². The Morgan fingerprint density at radius 2 is 2.00 bits per heavy atom. The minimum absolute atomic E-state index is 0.162. The molecule has 0 saturated heterocycles. The van der Waals surface area contributed by atoms with Crippen LogP contribution in [0.25, 0.3) is 0 Å². The fourth-order valence-electron chi connectivity index (χ4n) is 6.52. The zero-order valence-corrected chi connectivity index (χ0v) is 19.5. The third-order valence-electron chi connectivity index (χ3n) is 8.34. The summed E-state index contributed by atoms with van der Waals surface area (Å²) in [5.74, 6) is 2.21. The lowest BCUT2D eigenvalue weighted by Crippen LogP contribution is -2.35. The van der Waals surface area contributed by atoms with Crippen LogP contribution in [0.1, 0.15) is 98.8 Å². The van der Waals surface area contributed by atoms with Gasteiger partial charge in [-0.1, -0.05) is 50.5 Å². The Bertz CT molecular complexity index is 663. The average Bonchev–Trinajstić information content (AvgIpc) is 2.99. The molecular weight excluding hydrogens is 356 g/mol. The van der Waals surface area contributed by atoms with E-state index in [4.69, 9.17) is 0 Å². The molecule has 2 nitrogen and oxygen atoms in total. The van der Waals surface area contributed by atoms with Gasteiger partial charge in [0.05, 0.1) is 11.7 Å². The lowest BCUT2D eigenvalue weighted by molar-refractivity contribution is 0.0613. The van der Waals surface area contributed by atoms with Crippen molar-refractivity contribution in [1.29, 1.82) is 0 Å². The van der Waals surface area contributed by atoms with Gasteiger partial charge in [-0.05, 0) is 106 Å². The van der Waals surface area contributed by atoms with Crippen LogP contribution in [0.15, 0.2) is 34.9 Å². The maximum atomic E-state index is 10.0. The van der Waals surface area contributed by atoms with Crippen LogP contribution in [0.2, 0.25) is 0 Å². The zero-order valence-electron chi connectivity index (χ0n) is 19.5. The molecular formula is C27H44O2. The van der Waals surface area contributed by atoms with Crippen LogP contribution < -0.4 is 0 Å². The Morgan fingerprint density at radius 3 is 2.72 bits per heavy atom. The average molecular weight is 401 g/mol. The first kappa shape index (κ1) is 22.8. The Kier molecular flexibility index (Phi) is 7.16. The van der Waals surface area contributed by atoms with Crippen LogP contribution in [-0.2, 0) is 0 Å². The second-order valence-electron chi connectivity index (χ2n) is 11.2. The highest BCUT2D eigenvalue weighted by Gasteiger charge is 2.49. The molecule has 2 unspecified atom stereocenters. The van der Waals surface area contributed by atoms with Gasteiger partial charge in [-0.2, -0.15) is 0 Å². The summed E-state index contributed by atoms with van der Waals surface area (Å²) in [5.41, 5.74) is 4.23. The number of aliphatic hydroxyl groups excluding tert-OH is 1. The Balaban J connectivity index is 1.66. The van der Waals surface area contributed by atoms with E-state index in [0.717, 1.165) is 43.9 Å². The summed E-state index contributed by atoms with van der Waals surface area (Å²) in [5, 5.41) is 20.1. The van der Waals surface area contributed by atoms with E-state index in [9.17, 15) is 10.2 Å². The van der Waals surface area contributed by atoms with Crippen molar-refractivity contribution in [1.82, 2.24) is 0 Å². The van der Waals surface area contributed by atoms with Gasteiger partial charge in [-0.25, -0.2) is 0 Å². The predicted octanol–water partition coefficient (Wildman–Crippen LogP) is 6.73. The molecule has 3 aliphatic carbocycles. The van der Waals surface area contributed by atoms with E-state index in [1.54, 1.807) is 5.57 Å². The summed E-state index contributed by atoms with van der Waals surface area (Å²) < 4.78 is 0. The quantitative estimate of drug-likeness (QED) is 0.497. The molecule has 29 heavy (non-hydrogen) atoms. The molecule has 2 N–H and O–H groups in total. The Hall–Kier alpha value is -0.860. The van der Waals surface area contributed by atoms with Gasteiger partial charge in [-0.15, -0.1) is 0 Å². The number of fused-ring (bicyclic) bond motifs is 1. The van der Waals surface area contributed by atoms with E-state index in [0.29, 0.717) is 11.3 Å². The first-order chi connectivity index (χ1) is 13.6. The number of aliphatic hydroxyl groups is 2. The molecule has 0 aromatic rings. The van der Waals surface area contributed by atoms with Crippen molar-refractivity contribution in [3.8, 4) is 0 Å². The normalized spacial score (nSPS) is 34.4. The number of hydrogen-bond acceptors (Lipinski definition) is 2. The molecule has 3 rings (SSSR count). The summed E-state index contributed by atoms with van der Waals surface area (Å²) in [6.07, 6.45) is 18.2. The topological polar surface area (TPSA) is 40.5 Å². The monoisotopic (exact) mass is 400 g/mol. The van der Waals surface area contributed by atoms with Crippen LogP contribution >= 0.6 is 0 Å². The molecule has 0 aliphatic heterocycles. The third-order valence-corrected chi connectivity index (χ3v) is 8.34. The summed E-state index contributed by atoms with van der Waals surface area (Å²) in [6, 6.07) is 0. The van der Waals surface area contributed by atoms with Crippen molar-refractivity contribution < 1.29 is 10.2 Å². The van der Waals surface area contributed by atoms with Crippen molar-refractivity contribution in [3.05, 3.63) is 34.9 Å². The molecule has 0 aromatic carbocycles. The molecule has 0 bridgehead atoms. The first-order valence-corrected chi connectivity index (χ1v) is 12.1. The molecule has 0 amide bonds. The SMILES string of the molecule is CC1=C(/C=C/C2=CCC[C@@]3(C)C2CCC3[C@H](C)CCCC(C)(C)O)C[C@@H](O)CC1. The van der Waals surface area contributed by atoms with Crippen LogP contribution in [0.3, 0.4) is 0 Å². The van der Waals surface area contributed by atoms with E-state index in [1.807, 2.05) is 13.8 Å². The van der Waals surface area contributed by atoms with Crippen LogP contribution in [0.4, 0.5) is 0 Å². The van der Waals surface area contributed by atoms with Crippen molar-refractivity contribution in [2.24, 2.45) is 23.2 Å². The second kappa shape index (κ2) is 9.10. The molecule has 1 saturated carbocycles. The maximum absolute atomic E-state index is 10.0. The molecule has 0 spiro atoms. The van der Waals surface area contributed by atoms with E-state index in [-0.39, 0.29) is 6.10 Å². The van der Waals surface area contributed by atoms with E-state index >= 15 is 0 Å². The highest BCUT2D eigenvalue weighted by atomic mass is 16.3. The minimum atomic E-state index is -0.535. The molecule has 3 aliphatic rings. The fourth-order valence-corrected chi connectivity index (χ4v) is 6.52. The van der Waals surface area contributed by atoms with E-state index in [1.165, 1.54) is 43.3 Å². The molecule has 0 radical (unpaired) electrons. The van der Waals surface area contributed by atoms with Crippen molar-refractivity contribution in [2.75, 3.05) is 0 Å². The van der Waals surface area contributed by atoms with Crippen LogP contribution in [-0.4, -0.2) is 21.9 Å². The van der Waals surface area contributed by atoms with Gasteiger partial charge < -0.3 is 10.2 Å². The third kappa shape index (κ3) is 5.44. The van der Waals surface area contributed by atoms with Gasteiger partial charge in [0, 0.05) is 0 Å². The molecule has 0 heterocycles. The zero-order chi connectivity index (χ0) is 21.2.